The number of nitrogens with zero attached hydrogens (tertiary/aromatic N) is 3. The van der Waals surface area contributed by atoms with Crippen LogP contribution in [0.5, 0.6) is 0 Å². The predicted molar refractivity (Wildman–Crippen MR) is 117 cm³/mol. The minimum Gasteiger partial charge on any atom is -0.383 e. The molecule has 0 aromatic carbocycles. The van der Waals surface area contributed by atoms with Crippen LogP contribution < -0.4 is 21.9 Å². The lowest BCUT2D eigenvalue weighted by atomic mass is 9.94. The first-order valence-corrected chi connectivity index (χ1v) is 10.7. The molecule has 1 saturated carbocycles. The number of H-pyrrole nitrogens is 1. The molecule has 164 valence electrons. The molecule has 3 N–H and O–H groups in total. The van der Waals surface area contributed by atoms with Crippen molar-refractivity contribution >= 4 is 17.4 Å². The molecule has 1 aromatic heterocycles. The molecule has 0 saturated heterocycles. The number of amides is 1. The summed E-state index contributed by atoms with van der Waals surface area (Å²) in [6.45, 7) is 8.86. The van der Waals surface area contributed by atoms with Crippen LogP contribution in [0.1, 0.15) is 59.8 Å². The molecule has 0 aliphatic heterocycles. The number of hydrogen-bond acceptors (Lipinski definition) is 5. The second-order valence-corrected chi connectivity index (χ2v) is 9.10. The van der Waals surface area contributed by atoms with Crippen LogP contribution in [0.2, 0.25) is 0 Å². The van der Waals surface area contributed by atoms with Crippen molar-refractivity contribution in [3.8, 4) is 0 Å². The Morgan fingerprint density at radius 3 is 2.31 bits per heavy atom. The summed E-state index contributed by atoms with van der Waals surface area (Å²) in [6.07, 6.45) is 5.81. The van der Waals surface area contributed by atoms with Crippen LogP contribution in [0.4, 0.5) is 11.5 Å². The molecule has 0 atom stereocenters. The largest absolute Gasteiger partial charge is 0.383 e. The van der Waals surface area contributed by atoms with Crippen LogP contribution in [-0.2, 0) is 11.3 Å². The number of nitrogen functional groups attached to an aromatic ring is 1. The number of aromatic nitrogens is 2. The Kier molecular flexibility index (Phi) is 8.07. The highest BCUT2D eigenvalue weighted by molar-refractivity contribution is 5.96. The van der Waals surface area contributed by atoms with Crippen molar-refractivity contribution in [3.63, 3.8) is 0 Å². The molecule has 1 aliphatic carbocycles. The first-order chi connectivity index (χ1) is 13.6. The molecule has 1 heterocycles. The summed E-state index contributed by atoms with van der Waals surface area (Å²) >= 11 is 0. The maximum atomic E-state index is 13.2. The van der Waals surface area contributed by atoms with Gasteiger partial charge in [-0.1, -0.05) is 47.0 Å². The van der Waals surface area contributed by atoms with Crippen molar-refractivity contribution in [1.29, 1.82) is 0 Å². The van der Waals surface area contributed by atoms with Gasteiger partial charge in [-0.05, 0) is 31.7 Å². The highest BCUT2D eigenvalue weighted by atomic mass is 16.2. The van der Waals surface area contributed by atoms with E-state index in [0.717, 1.165) is 12.8 Å². The first-order valence-electron chi connectivity index (χ1n) is 10.7. The fourth-order valence-corrected chi connectivity index (χ4v) is 4.02. The molecule has 8 heteroatoms. The zero-order chi connectivity index (χ0) is 21.7. The zero-order valence-electron chi connectivity index (χ0n) is 18.5. The van der Waals surface area contributed by atoms with Gasteiger partial charge in [-0.3, -0.25) is 24.0 Å². The Morgan fingerprint density at radius 1 is 1.14 bits per heavy atom. The van der Waals surface area contributed by atoms with Gasteiger partial charge in [0.05, 0.1) is 6.54 Å². The molecule has 1 amide bonds. The van der Waals surface area contributed by atoms with Gasteiger partial charge in [0.1, 0.15) is 5.82 Å². The van der Waals surface area contributed by atoms with E-state index in [0.29, 0.717) is 19.1 Å². The molecule has 1 aromatic rings. The van der Waals surface area contributed by atoms with E-state index >= 15 is 0 Å². The summed E-state index contributed by atoms with van der Waals surface area (Å²) in [5.74, 6) is 0.198. The topological polar surface area (TPSA) is 104 Å². The molecule has 1 fully saturated rings. The summed E-state index contributed by atoms with van der Waals surface area (Å²) in [5.41, 5.74) is 5.19. The third kappa shape index (κ3) is 5.95. The van der Waals surface area contributed by atoms with E-state index in [-0.39, 0.29) is 35.8 Å². The standard InChI is InChI=1S/C21H37N5O3/c1-14(2)11-25(17(27)13-24(5)16-9-7-6-8-10-16)18-19(22)26(12-15(3)4)21(29)23-20(18)28/h14-16H,6-13,22H2,1-5H3,(H,23,28,29). The quantitative estimate of drug-likeness (QED) is 0.686. The van der Waals surface area contributed by atoms with Crippen LogP contribution in [-0.4, -0.2) is 46.5 Å². The molecule has 0 radical (unpaired) electrons. The van der Waals surface area contributed by atoms with E-state index in [1.54, 1.807) is 0 Å². The molecule has 8 nitrogen and oxygen atoms in total. The Hall–Kier alpha value is -2.09. The monoisotopic (exact) mass is 407 g/mol. The molecule has 0 unspecified atom stereocenters. The molecule has 2 rings (SSSR count). The minimum absolute atomic E-state index is 0.0572. The third-order valence-electron chi connectivity index (χ3n) is 5.46. The Bertz CT molecular complexity index is 806. The van der Waals surface area contributed by atoms with Crippen molar-refractivity contribution in [3.05, 3.63) is 20.8 Å². The number of carbonyl (C=O) groups excluding carboxylic acids is 1. The Labute approximate surface area is 173 Å². The average molecular weight is 408 g/mol. The number of nitrogens with two attached hydrogens (primary N) is 1. The average Bonchev–Trinajstić information content (AvgIpc) is 2.64. The molecule has 1 aliphatic rings. The first kappa shape index (κ1) is 23.2. The molecular formula is C21H37N5O3. The number of carbonyl (C=O) groups is 1. The summed E-state index contributed by atoms with van der Waals surface area (Å²) in [7, 11) is 1.97. The van der Waals surface area contributed by atoms with Gasteiger partial charge in [-0.15, -0.1) is 0 Å². The third-order valence-corrected chi connectivity index (χ3v) is 5.46. The van der Waals surface area contributed by atoms with Gasteiger partial charge in [0.2, 0.25) is 5.91 Å². The van der Waals surface area contributed by atoms with Gasteiger partial charge in [-0.25, -0.2) is 4.79 Å². The fraction of sp³-hybridized carbons (Fsp3) is 0.762. The SMILES string of the molecule is CC(C)CN(C(=O)CN(C)C1CCCCC1)c1c(N)n(CC(C)C)c(=O)[nH]c1=O. The number of likely N-dealkylation sites (N-methyl/N-ethyl adjacent to an activating group) is 1. The number of anilines is 2. The van der Waals surface area contributed by atoms with E-state index in [1.165, 1.54) is 28.7 Å². The van der Waals surface area contributed by atoms with Crippen LogP contribution in [0.15, 0.2) is 9.59 Å². The number of hydrogen-bond donors (Lipinski definition) is 2. The van der Waals surface area contributed by atoms with E-state index in [2.05, 4.69) is 9.88 Å². The molecule has 0 spiro atoms. The van der Waals surface area contributed by atoms with Crippen LogP contribution in [0.3, 0.4) is 0 Å². The summed E-state index contributed by atoms with van der Waals surface area (Å²) in [4.78, 5) is 44.1. The van der Waals surface area contributed by atoms with E-state index < -0.39 is 11.2 Å². The lowest BCUT2D eigenvalue weighted by Crippen LogP contribution is -2.48. The number of nitrogens with one attached hydrogen (secondary N) is 1. The van der Waals surface area contributed by atoms with Crippen LogP contribution in [0.25, 0.3) is 0 Å². The van der Waals surface area contributed by atoms with Gasteiger partial charge in [0.25, 0.3) is 5.56 Å². The maximum Gasteiger partial charge on any atom is 0.330 e. The van der Waals surface area contributed by atoms with E-state index in [1.807, 2.05) is 34.7 Å². The van der Waals surface area contributed by atoms with E-state index in [9.17, 15) is 14.4 Å². The summed E-state index contributed by atoms with van der Waals surface area (Å²) < 4.78 is 1.35. The maximum absolute atomic E-state index is 13.2. The smallest absolute Gasteiger partial charge is 0.330 e. The van der Waals surface area contributed by atoms with Gasteiger partial charge in [0.15, 0.2) is 5.69 Å². The fourth-order valence-electron chi connectivity index (χ4n) is 4.02. The Morgan fingerprint density at radius 2 is 1.76 bits per heavy atom. The highest BCUT2D eigenvalue weighted by Gasteiger charge is 2.28. The second-order valence-electron chi connectivity index (χ2n) is 9.10. The van der Waals surface area contributed by atoms with Gasteiger partial charge >= 0.3 is 5.69 Å². The molecule has 0 bridgehead atoms. The van der Waals surface area contributed by atoms with Crippen LogP contribution >= 0.6 is 0 Å². The summed E-state index contributed by atoms with van der Waals surface area (Å²) in [5, 5.41) is 0. The molecular weight excluding hydrogens is 370 g/mol. The van der Waals surface area contributed by atoms with Crippen molar-refractivity contribution in [1.82, 2.24) is 14.5 Å². The summed E-state index contributed by atoms with van der Waals surface area (Å²) in [6, 6.07) is 0.388. The number of rotatable bonds is 8. The van der Waals surface area contributed by atoms with Crippen molar-refractivity contribution in [2.45, 2.75) is 72.4 Å². The predicted octanol–water partition coefficient (Wildman–Crippen LogP) is 2.03. The van der Waals surface area contributed by atoms with Gasteiger partial charge in [-0.2, -0.15) is 0 Å². The highest BCUT2D eigenvalue weighted by Crippen LogP contribution is 2.23. The van der Waals surface area contributed by atoms with Crippen molar-refractivity contribution in [2.75, 3.05) is 30.8 Å². The van der Waals surface area contributed by atoms with Gasteiger partial charge in [0, 0.05) is 19.1 Å². The van der Waals surface area contributed by atoms with Crippen molar-refractivity contribution in [2.24, 2.45) is 11.8 Å². The van der Waals surface area contributed by atoms with Crippen molar-refractivity contribution < 1.29 is 4.79 Å². The van der Waals surface area contributed by atoms with E-state index in [4.69, 9.17) is 5.73 Å². The van der Waals surface area contributed by atoms with Crippen LogP contribution in [0, 0.1) is 11.8 Å². The number of aromatic amines is 1. The normalized spacial score (nSPS) is 15.4. The lowest BCUT2D eigenvalue weighted by molar-refractivity contribution is -0.120. The lowest BCUT2D eigenvalue weighted by Gasteiger charge is -2.33. The zero-order valence-corrected chi connectivity index (χ0v) is 18.5. The minimum atomic E-state index is -0.609. The van der Waals surface area contributed by atoms with Gasteiger partial charge < -0.3 is 10.6 Å². The Balaban J connectivity index is 2.37. The molecule has 29 heavy (non-hydrogen) atoms. The second kappa shape index (κ2) is 10.1.